The summed E-state index contributed by atoms with van der Waals surface area (Å²) in [6.45, 7) is 8.39. The number of hydrogen-bond acceptors (Lipinski definition) is 4. The number of benzene rings is 1. The van der Waals surface area contributed by atoms with E-state index < -0.39 is 0 Å². The van der Waals surface area contributed by atoms with Gasteiger partial charge in [-0.05, 0) is 25.8 Å². The van der Waals surface area contributed by atoms with Crippen LogP contribution >= 0.6 is 11.3 Å². The molecule has 2 heterocycles. The molecule has 0 unspecified atom stereocenters. The maximum Gasteiger partial charge on any atom is 0.123 e. The van der Waals surface area contributed by atoms with Crippen LogP contribution in [0.15, 0.2) is 42.0 Å². The molecule has 0 fully saturated rings. The molecule has 25 heavy (non-hydrogen) atoms. The van der Waals surface area contributed by atoms with Crippen molar-refractivity contribution in [3.8, 4) is 10.6 Å². The van der Waals surface area contributed by atoms with Crippen LogP contribution in [0.2, 0.25) is 0 Å². The molecule has 5 heteroatoms. The van der Waals surface area contributed by atoms with Gasteiger partial charge < -0.3 is 0 Å². The van der Waals surface area contributed by atoms with Crippen molar-refractivity contribution in [2.45, 2.75) is 46.3 Å². The van der Waals surface area contributed by atoms with Crippen LogP contribution in [0.25, 0.3) is 10.6 Å². The van der Waals surface area contributed by atoms with Gasteiger partial charge in [0.15, 0.2) is 0 Å². The van der Waals surface area contributed by atoms with Crippen LogP contribution in [0.1, 0.15) is 37.6 Å². The molecule has 0 radical (unpaired) electrons. The van der Waals surface area contributed by atoms with Gasteiger partial charge in [0, 0.05) is 48.9 Å². The zero-order valence-electron chi connectivity index (χ0n) is 15.4. The number of aryl methyl sites for hydroxylation is 2. The van der Waals surface area contributed by atoms with Crippen LogP contribution in [-0.2, 0) is 26.6 Å². The Bertz CT molecular complexity index is 801. The number of thiazole rings is 1. The second-order valence-electron chi connectivity index (χ2n) is 6.72. The van der Waals surface area contributed by atoms with E-state index in [4.69, 9.17) is 4.98 Å². The quantitative estimate of drug-likeness (QED) is 0.626. The largest absolute Gasteiger partial charge is 0.291 e. The Morgan fingerprint density at radius 3 is 2.48 bits per heavy atom. The summed E-state index contributed by atoms with van der Waals surface area (Å²) < 4.78 is 1.86. The van der Waals surface area contributed by atoms with Gasteiger partial charge in [0.05, 0.1) is 11.9 Å². The van der Waals surface area contributed by atoms with Crippen molar-refractivity contribution in [3.63, 3.8) is 0 Å². The first-order valence-electron chi connectivity index (χ1n) is 8.80. The molecule has 0 atom stereocenters. The van der Waals surface area contributed by atoms with Crippen molar-refractivity contribution >= 4 is 11.3 Å². The molecule has 0 bridgehead atoms. The van der Waals surface area contributed by atoms with Crippen molar-refractivity contribution in [2.75, 3.05) is 0 Å². The maximum atomic E-state index is 4.86. The standard InChI is InChI=1S/C20H26N4S/c1-5-16-6-8-18(9-7-16)20-22-19(14-25-20)13-24(15(2)3)12-17-10-21-23(4)11-17/h6-11,14-15H,5,12-13H2,1-4H3. The van der Waals surface area contributed by atoms with E-state index in [1.165, 1.54) is 16.7 Å². The van der Waals surface area contributed by atoms with Crippen LogP contribution in [0.5, 0.6) is 0 Å². The first-order valence-corrected chi connectivity index (χ1v) is 9.68. The van der Waals surface area contributed by atoms with E-state index in [0.717, 1.165) is 30.2 Å². The second-order valence-corrected chi connectivity index (χ2v) is 7.57. The molecule has 0 aliphatic carbocycles. The molecular weight excluding hydrogens is 328 g/mol. The van der Waals surface area contributed by atoms with E-state index in [1.54, 1.807) is 11.3 Å². The van der Waals surface area contributed by atoms with Gasteiger partial charge >= 0.3 is 0 Å². The van der Waals surface area contributed by atoms with Gasteiger partial charge in [0.1, 0.15) is 5.01 Å². The molecule has 2 aromatic heterocycles. The Kier molecular flexibility index (Phi) is 5.66. The number of nitrogens with zero attached hydrogens (tertiary/aromatic N) is 4. The zero-order chi connectivity index (χ0) is 17.8. The minimum atomic E-state index is 0.453. The molecule has 132 valence electrons. The summed E-state index contributed by atoms with van der Waals surface area (Å²) in [7, 11) is 1.96. The molecule has 0 aliphatic heterocycles. The normalized spacial score (nSPS) is 11.6. The smallest absolute Gasteiger partial charge is 0.123 e. The van der Waals surface area contributed by atoms with E-state index in [9.17, 15) is 0 Å². The van der Waals surface area contributed by atoms with Gasteiger partial charge in [-0.25, -0.2) is 4.98 Å². The van der Waals surface area contributed by atoms with Gasteiger partial charge in [0.25, 0.3) is 0 Å². The van der Waals surface area contributed by atoms with Crippen LogP contribution in [0.4, 0.5) is 0 Å². The zero-order valence-corrected chi connectivity index (χ0v) is 16.3. The highest BCUT2D eigenvalue weighted by Gasteiger charge is 2.14. The lowest BCUT2D eigenvalue weighted by Gasteiger charge is -2.25. The van der Waals surface area contributed by atoms with E-state index in [0.29, 0.717) is 6.04 Å². The Labute approximate surface area is 154 Å². The van der Waals surface area contributed by atoms with E-state index in [2.05, 4.69) is 66.6 Å². The first-order chi connectivity index (χ1) is 12.0. The molecule has 0 amide bonds. The number of aromatic nitrogens is 3. The summed E-state index contributed by atoms with van der Waals surface area (Å²) >= 11 is 1.73. The summed E-state index contributed by atoms with van der Waals surface area (Å²) in [5.41, 5.74) is 4.94. The summed E-state index contributed by atoms with van der Waals surface area (Å²) in [6.07, 6.45) is 5.09. The maximum absolute atomic E-state index is 4.86. The Hall–Kier alpha value is -1.98. The fourth-order valence-electron chi connectivity index (χ4n) is 2.81. The Morgan fingerprint density at radius 1 is 1.12 bits per heavy atom. The van der Waals surface area contributed by atoms with Crippen LogP contribution in [0.3, 0.4) is 0 Å². The molecule has 0 saturated heterocycles. The number of hydrogen-bond donors (Lipinski definition) is 0. The van der Waals surface area contributed by atoms with Gasteiger partial charge in [-0.3, -0.25) is 9.58 Å². The van der Waals surface area contributed by atoms with Gasteiger partial charge in [-0.15, -0.1) is 11.3 Å². The molecule has 0 saturated carbocycles. The first kappa shape index (κ1) is 17.8. The molecule has 1 aromatic carbocycles. The van der Waals surface area contributed by atoms with E-state index in [-0.39, 0.29) is 0 Å². The summed E-state index contributed by atoms with van der Waals surface area (Å²) in [5.74, 6) is 0. The van der Waals surface area contributed by atoms with Crippen molar-refractivity contribution in [1.29, 1.82) is 0 Å². The van der Waals surface area contributed by atoms with Gasteiger partial charge in [0.2, 0.25) is 0 Å². The van der Waals surface area contributed by atoms with E-state index in [1.807, 2.05) is 17.9 Å². The summed E-state index contributed by atoms with van der Waals surface area (Å²) in [6, 6.07) is 9.20. The predicted molar refractivity (Wildman–Crippen MR) is 105 cm³/mol. The van der Waals surface area contributed by atoms with Gasteiger partial charge in [-0.2, -0.15) is 5.10 Å². The minimum Gasteiger partial charge on any atom is -0.291 e. The summed E-state index contributed by atoms with van der Waals surface area (Å²) in [4.78, 5) is 7.29. The monoisotopic (exact) mass is 354 g/mol. The number of rotatable bonds is 7. The third-order valence-electron chi connectivity index (χ3n) is 4.40. The Balaban J connectivity index is 1.71. The SMILES string of the molecule is CCc1ccc(-c2nc(CN(Cc3cnn(C)c3)C(C)C)cs2)cc1. The van der Waals surface area contributed by atoms with Crippen molar-refractivity contribution in [2.24, 2.45) is 7.05 Å². The highest BCUT2D eigenvalue weighted by atomic mass is 32.1. The highest BCUT2D eigenvalue weighted by Crippen LogP contribution is 2.25. The van der Waals surface area contributed by atoms with Crippen molar-refractivity contribution in [1.82, 2.24) is 19.7 Å². The second kappa shape index (κ2) is 7.93. The lowest BCUT2D eigenvalue weighted by Crippen LogP contribution is -2.29. The Morgan fingerprint density at radius 2 is 1.88 bits per heavy atom. The fourth-order valence-corrected chi connectivity index (χ4v) is 3.63. The van der Waals surface area contributed by atoms with Crippen LogP contribution < -0.4 is 0 Å². The molecule has 0 N–H and O–H groups in total. The molecular formula is C20H26N4S. The molecule has 4 nitrogen and oxygen atoms in total. The fraction of sp³-hybridized carbons (Fsp3) is 0.400. The summed E-state index contributed by atoms with van der Waals surface area (Å²) in [5, 5.41) is 7.55. The van der Waals surface area contributed by atoms with Crippen LogP contribution in [-0.4, -0.2) is 25.7 Å². The van der Waals surface area contributed by atoms with Crippen molar-refractivity contribution in [3.05, 3.63) is 58.9 Å². The predicted octanol–water partition coefficient (Wildman–Crippen LogP) is 4.52. The molecule has 0 spiro atoms. The molecule has 3 rings (SSSR count). The molecule has 3 aromatic rings. The van der Waals surface area contributed by atoms with Crippen molar-refractivity contribution < 1.29 is 0 Å². The molecule has 0 aliphatic rings. The minimum absolute atomic E-state index is 0.453. The third-order valence-corrected chi connectivity index (χ3v) is 5.34. The van der Waals surface area contributed by atoms with Crippen LogP contribution in [0, 0.1) is 0 Å². The average molecular weight is 355 g/mol. The highest BCUT2D eigenvalue weighted by molar-refractivity contribution is 7.13. The van der Waals surface area contributed by atoms with Gasteiger partial charge in [-0.1, -0.05) is 31.2 Å². The van der Waals surface area contributed by atoms with E-state index >= 15 is 0 Å². The third kappa shape index (κ3) is 4.55. The lowest BCUT2D eigenvalue weighted by molar-refractivity contribution is 0.201. The lowest BCUT2D eigenvalue weighted by atomic mass is 10.1. The average Bonchev–Trinajstić information content (AvgIpc) is 3.23. The topological polar surface area (TPSA) is 34.0 Å².